The molecule has 1 atom stereocenters. The van der Waals surface area contributed by atoms with Crippen LogP contribution >= 0.6 is 24.0 Å². The third-order valence-electron chi connectivity index (χ3n) is 3.58. The van der Waals surface area contributed by atoms with E-state index in [4.69, 9.17) is 17.3 Å². The second-order valence-electron chi connectivity index (χ2n) is 5.67. The Kier molecular flexibility index (Phi) is 8.51. The summed E-state index contributed by atoms with van der Waals surface area (Å²) in [6.07, 6.45) is -4.25. The summed E-state index contributed by atoms with van der Waals surface area (Å²) in [7, 11) is -2.84. The number of hydrogen-bond acceptors (Lipinski definition) is 3. The molecule has 4 nitrogen and oxygen atoms in total. The van der Waals surface area contributed by atoms with Gasteiger partial charge >= 0.3 is 6.18 Å². The molecule has 0 aliphatic carbocycles. The maximum atomic E-state index is 12.8. The minimum atomic E-state index is -4.65. The van der Waals surface area contributed by atoms with Gasteiger partial charge < -0.3 is 5.73 Å². The van der Waals surface area contributed by atoms with Crippen LogP contribution in [0.5, 0.6) is 0 Å². The smallest absolute Gasteiger partial charge is 0.327 e. The molecule has 10 heteroatoms. The molecular weight excluding hydrogens is 388 g/mol. The highest BCUT2D eigenvalue weighted by atomic mass is 35.5. The van der Waals surface area contributed by atoms with Gasteiger partial charge in [-0.25, -0.2) is 12.7 Å². The third kappa shape index (κ3) is 5.77. The van der Waals surface area contributed by atoms with Crippen LogP contribution < -0.4 is 5.73 Å². The first-order valence-electron chi connectivity index (χ1n) is 6.96. The van der Waals surface area contributed by atoms with Crippen LogP contribution in [0.15, 0.2) is 23.1 Å². The first-order valence-corrected chi connectivity index (χ1v) is 8.78. The number of benzene rings is 1. The summed E-state index contributed by atoms with van der Waals surface area (Å²) >= 11 is 5.79. The van der Waals surface area contributed by atoms with E-state index in [1.165, 1.54) is 7.05 Å². The quantitative estimate of drug-likeness (QED) is 0.778. The fraction of sp³-hybridized carbons (Fsp3) is 0.571. The normalized spacial score (nSPS) is 13.9. The highest BCUT2D eigenvalue weighted by Crippen LogP contribution is 2.34. The maximum absolute atomic E-state index is 12.8. The molecule has 140 valence electrons. The van der Waals surface area contributed by atoms with Crippen LogP contribution in [-0.2, 0) is 16.2 Å². The van der Waals surface area contributed by atoms with Crippen molar-refractivity contribution in [2.45, 2.75) is 37.4 Å². The predicted octanol–water partition coefficient (Wildman–Crippen LogP) is 3.77. The van der Waals surface area contributed by atoms with Crippen LogP contribution in [0, 0.1) is 5.92 Å². The zero-order chi connectivity index (χ0) is 18.0. The largest absolute Gasteiger partial charge is 0.416 e. The van der Waals surface area contributed by atoms with Crippen LogP contribution in [0.25, 0.3) is 0 Å². The summed E-state index contributed by atoms with van der Waals surface area (Å²) in [6.45, 7) is 3.90. The van der Waals surface area contributed by atoms with Crippen LogP contribution in [0.3, 0.4) is 0 Å². The number of nitrogens with two attached hydrogens (primary N) is 1. The second-order valence-corrected chi connectivity index (χ2v) is 8.09. The monoisotopic (exact) mass is 408 g/mol. The SMILES string of the molecule is CC(C)C(N)CCN(C)S(=O)(=O)c1cc(C(F)(F)F)ccc1Cl.Cl. The van der Waals surface area contributed by atoms with Gasteiger partial charge in [-0.3, -0.25) is 0 Å². The van der Waals surface area contributed by atoms with Gasteiger partial charge in [0.05, 0.1) is 10.6 Å². The average molecular weight is 409 g/mol. The molecule has 0 aromatic heterocycles. The molecule has 24 heavy (non-hydrogen) atoms. The summed E-state index contributed by atoms with van der Waals surface area (Å²) in [5, 5.41) is -0.252. The predicted molar refractivity (Wildman–Crippen MR) is 90.9 cm³/mol. The number of rotatable bonds is 6. The molecule has 0 saturated carbocycles. The molecule has 0 radical (unpaired) electrons. The molecule has 1 rings (SSSR count). The Morgan fingerprint density at radius 2 is 1.83 bits per heavy atom. The van der Waals surface area contributed by atoms with E-state index in [1.54, 1.807) is 0 Å². The van der Waals surface area contributed by atoms with Gasteiger partial charge in [0.1, 0.15) is 4.90 Å². The molecule has 1 aromatic rings. The van der Waals surface area contributed by atoms with Crippen LogP contribution in [0.4, 0.5) is 13.2 Å². The topological polar surface area (TPSA) is 63.4 Å². The summed E-state index contributed by atoms with van der Waals surface area (Å²) < 4.78 is 64.2. The average Bonchev–Trinajstić information content (AvgIpc) is 2.42. The van der Waals surface area contributed by atoms with E-state index < -0.39 is 26.7 Å². The lowest BCUT2D eigenvalue weighted by molar-refractivity contribution is -0.137. The van der Waals surface area contributed by atoms with Gasteiger partial charge in [0, 0.05) is 19.6 Å². The van der Waals surface area contributed by atoms with Crippen LogP contribution in [-0.4, -0.2) is 32.4 Å². The zero-order valence-corrected chi connectivity index (χ0v) is 15.9. The molecule has 1 unspecified atom stereocenters. The summed E-state index contributed by atoms with van der Waals surface area (Å²) in [5.41, 5.74) is 4.80. The van der Waals surface area contributed by atoms with Gasteiger partial charge in [0.2, 0.25) is 10.0 Å². The molecule has 1 aromatic carbocycles. The van der Waals surface area contributed by atoms with E-state index in [9.17, 15) is 21.6 Å². The third-order valence-corrected chi connectivity index (χ3v) is 5.92. The Labute approximate surface area is 151 Å². The Morgan fingerprint density at radius 1 is 1.29 bits per heavy atom. The van der Waals surface area contributed by atoms with Crippen molar-refractivity contribution in [3.05, 3.63) is 28.8 Å². The Balaban J connectivity index is 0.00000529. The highest BCUT2D eigenvalue weighted by Gasteiger charge is 2.33. The van der Waals surface area contributed by atoms with Gasteiger partial charge in [0.25, 0.3) is 0 Å². The first-order chi connectivity index (χ1) is 10.4. The molecule has 2 N–H and O–H groups in total. The van der Waals surface area contributed by atoms with Crippen molar-refractivity contribution in [1.82, 2.24) is 4.31 Å². The first kappa shape index (κ1) is 23.5. The van der Waals surface area contributed by atoms with Crippen molar-refractivity contribution < 1.29 is 21.6 Å². The van der Waals surface area contributed by atoms with E-state index in [-0.39, 0.29) is 35.9 Å². The number of sulfonamides is 1. The van der Waals surface area contributed by atoms with E-state index >= 15 is 0 Å². The van der Waals surface area contributed by atoms with Gasteiger partial charge in [0.15, 0.2) is 0 Å². The van der Waals surface area contributed by atoms with Crippen molar-refractivity contribution in [3.63, 3.8) is 0 Å². The molecule has 0 fully saturated rings. The van der Waals surface area contributed by atoms with Gasteiger partial charge in [-0.15, -0.1) is 12.4 Å². The van der Waals surface area contributed by atoms with Crippen LogP contribution in [0.1, 0.15) is 25.8 Å². The van der Waals surface area contributed by atoms with Gasteiger partial charge in [-0.2, -0.15) is 13.2 Å². The van der Waals surface area contributed by atoms with Crippen molar-refractivity contribution in [2.24, 2.45) is 11.7 Å². The minimum absolute atomic E-state index is 0. The molecule has 0 bridgehead atoms. The standard InChI is InChI=1S/C14H20ClF3N2O2S.ClH/c1-9(2)12(19)6-7-20(3)23(21,22)13-8-10(14(16,17)18)4-5-11(13)15;/h4-5,8-9,12H,6-7,19H2,1-3H3;1H. The molecule has 0 amide bonds. The maximum Gasteiger partial charge on any atom is 0.416 e. The second kappa shape index (κ2) is 8.71. The number of halogens is 5. The lowest BCUT2D eigenvalue weighted by Gasteiger charge is -2.22. The fourth-order valence-corrected chi connectivity index (χ4v) is 3.51. The molecule has 0 aliphatic heterocycles. The summed E-state index contributed by atoms with van der Waals surface area (Å²) in [6, 6.07) is 2.03. The van der Waals surface area contributed by atoms with Gasteiger partial charge in [-0.05, 0) is 30.5 Å². The molecule has 0 spiro atoms. The molecule has 0 saturated heterocycles. The number of hydrogen-bond donors (Lipinski definition) is 1. The van der Waals surface area contributed by atoms with E-state index in [0.717, 1.165) is 16.4 Å². The molecule has 0 heterocycles. The van der Waals surface area contributed by atoms with E-state index in [2.05, 4.69) is 0 Å². The molecule has 0 aliphatic rings. The minimum Gasteiger partial charge on any atom is -0.327 e. The highest BCUT2D eigenvalue weighted by molar-refractivity contribution is 7.89. The summed E-state index contributed by atoms with van der Waals surface area (Å²) in [5.74, 6) is 0.170. The van der Waals surface area contributed by atoms with Crippen LogP contribution in [0.2, 0.25) is 5.02 Å². The van der Waals surface area contributed by atoms with Crippen molar-refractivity contribution >= 4 is 34.0 Å². The number of nitrogens with zero attached hydrogens (tertiary/aromatic N) is 1. The Bertz CT molecular complexity index is 652. The summed E-state index contributed by atoms with van der Waals surface area (Å²) in [4.78, 5) is -0.561. The lowest BCUT2D eigenvalue weighted by atomic mass is 10.0. The van der Waals surface area contributed by atoms with Crippen molar-refractivity contribution in [3.8, 4) is 0 Å². The molecular formula is C14H21Cl2F3N2O2S. The van der Waals surface area contributed by atoms with E-state index in [0.29, 0.717) is 12.5 Å². The van der Waals surface area contributed by atoms with Crippen molar-refractivity contribution in [2.75, 3.05) is 13.6 Å². The Hall–Kier alpha value is -0.540. The zero-order valence-electron chi connectivity index (χ0n) is 13.5. The lowest BCUT2D eigenvalue weighted by Crippen LogP contribution is -2.34. The number of alkyl halides is 3. The van der Waals surface area contributed by atoms with E-state index in [1.807, 2.05) is 13.8 Å². The van der Waals surface area contributed by atoms with Gasteiger partial charge in [-0.1, -0.05) is 25.4 Å². The van der Waals surface area contributed by atoms with Crippen molar-refractivity contribution in [1.29, 1.82) is 0 Å². The Morgan fingerprint density at radius 3 is 2.29 bits per heavy atom. The fourth-order valence-electron chi connectivity index (χ4n) is 1.83.